The van der Waals surface area contributed by atoms with E-state index >= 15 is 0 Å². The third-order valence-corrected chi connectivity index (χ3v) is 1.47. The maximum Gasteiger partial charge on any atom is 1.00 e. The van der Waals surface area contributed by atoms with Gasteiger partial charge in [0.15, 0.2) is 5.49 Å². The summed E-state index contributed by atoms with van der Waals surface area (Å²) < 4.78 is 1.58. The van der Waals surface area contributed by atoms with E-state index in [-0.39, 0.29) is 32.4 Å². The average Bonchev–Trinajstić information content (AvgIpc) is 2.05. The summed E-state index contributed by atoms with van der Waals surface area (Å²) in [5, 5.41) is 7.55. The normalized spacial score (nSPS) is 10.9. The first kappa shape index (κ1) is 15.8. The fourth-order valence-electron chi connectivity index (χ4n) is 0.944. The van der Waals surface area contributed by atoms with Crippen LogP contribution in [0.2, 0.25) is 0 Å². The first-order valence-electron chi connectivity index (χ1n) is 3.59. The molecule has 4 nitrogen and oxygen atoms in total. The van der Waals surface area contributed by atoms with E-state index in [0.717, 1.165) is 5.56 Å². The third-order valence-electron chi connectivity index (χ3n) is 1.47. The molecule has 0 amide bonds. The molecule has 6 heteroatoms. The zero-order valence-corrected chi connectivity index (χ0v) is 9.49. The van der Waals surface area contributed by atoms with Gasteiger partial charge in [-0.05, 0) is 18.6 Å². The molecule has 0 bridgehead atoms. The molecule has 0 aromatic carbocycles. The molecule has 0 fully saturated rings. The fraction of sp³-hybridized carbons (Fsp3) is 0.250. The van der Waals surface area contributed by atoms with Crippen LogP contribution in [0.5, 0.6) is 0 Å². The number of hydrogen-bond acceptors (Lipinski definition) is 4. The maximum atomic E-state index is 5.20. The smallest absolute Gasteiger partial charge is 0.813 e. The third kappa shape index (κ3) is 3.62. The number of nitrogens with two attached hydrogens (primary N) is 1. The van der Waals surface area contributed by atoms with Crippen molar-refractivity contribution in [2.24, 2.45) is 16.0 Å². The zero-order valence-electron chi connectivity index (χ0n) is 8.60. The van der Waals surface area contributed by atoms with Gasteiger partial charge < -0.3 is 30.7 Å². The zero-order chi connectivity index (χ0) is 8.97. The largest absolute Gasteiger partial charge is 1.00 e. The van der Waals surface area contributed by atoms with E-state index in [1.54, 1.807) is 17.8 Å². The number of pyridine rings is 1. The second-order valence-corrected chi connectivity index (χ2v) is 2.31. The van der Waals surface area contributed by atoms with Crippen molar-refractivity contribution in [3.05, 3.63) is 29.4 Å². The van der Waals surface area contributed by atoms with Crippen LogP contribution < -0.4 is 30.2 Å². The van der Waals surface area contributed by atoms with Crippen LogP contribution in [0.4, 0.5) is 0 Å². The summed E-state index contributed by atoms with van der Waals surface area (Å²) in [6, 6.07) is 3.80. The van der Waals surface area contributed by atoms with Gasteiger partial charge in [0.1, 0.15) is 0 Å². The van der Waals surface area contributed by atoms with Gasteiger partial charge in [-0.1, -0.05) is 6.07 Å². The molecule has 1 rings (SSSR count). The molecule has 0 aliphatic heterocycles. The van der Waals surface area contributed by atoms with Crippen LogP contribution in [0, 0.1) is 6.92 Å². The summed E-state index contributed by atoms with van der Waals surface area (Å²) in [5.41, 5.74) is 1.63. The minimum absolute atomic E-state index is 0. The molecule has 1 aromatic rings. The number of rotatable bonds is 1. The molecule has 1 heterocycles. The van der Waals surface area contributed by atoms with E-state index in [4.69, 9.17) is 5.84 Å². The first-order chi connectivity index (χ1) is 5.79. The Bertz CT molecular complexity index is 359. The molecule has 0 aliphatic rings. The predicted octanol–water partition coefficient (Wildman–Crippen LogP) is -2.96. The summed E-state index contributed by atoms with van der Waals surface area (Å²) in [6.45, 7) is 3.64. The number of aryl methyl sites for hydroxylation is 1. The van der Waals surface area contributed by atoms with E-state index in [1.807, 2.05) is 19.1 Å². The van der Waals surface area contributed by atoms with Gasteiger partial charge in [0, 0.05) is 6.20 Å². The van der Waals surface area contributed by atoms with E-state index in [2.05, 4.69) is 16.4 Å². The molecule has 0 radical (unpaired) electrons. The van der Waals surface area contributed by atoms with Crippen LogP contribution in [0.25, 0.3) is 0 Å². The number of nitrogens with zero attached hydrogens (tertiary/aromatic N) is 3. The van der Waals surface area contributed by atoms with Crippen LogP contribution >= 0.6 is 0 Å². The predicted molar refractivity (Wildman–Crippen MR) is 56.2 cm³/mol. The Morgan fingerprint density at radius 1 is 1.50 bits per heavy atom. The average molecular weight is 203 g/mol. The summed E-state index contributed by atoms with van der Waals surface area (Å²) >= 11 is 0. The molecular weight excluding hydrogens is 191 g/mol. The van der Waals surface area contributed by atoms with Crippen LogP contribution in [0.1, 0.15) is 12.5 Å². The van der Waals surface area contributed by atoms with Crippen molar-refractivity contribution in [2.45, 2.75) is 13.8 Å². The molecule has 0 aliphatic carbocycles. The molecule has 72 valence electrons. The minimum atomic E-state index is 0. The van der Waals surface area contributed by atoms with E-state index in [1.165, 1.54) is 0 Å². The van der Waals surface area contributed by atoms with Gasteiger partial charge in [-0.2, -0.15) is 12.0 Å². The fourth-order valence-corrected chi connectivity index (χ4v) is 0.944. The summed E-state index contributed by atoms with van der Waals surface area (Å²) in [7, 11) is 0. The van der Waals surface area contributed by atoms with Gasteiger partial charge >= 0.3 is 18.9 Å². The Kier molecular flexibility index (Phi) is 8.75. The van der Waals surface area contributed by atoms with Crippen LogP contribution in [-0.2, 0) is 13.5 Å². The molecule has 1 aromatic heterocycles. The van der Waals surface area contributed by atoms with Crippen molar-refractivity contribution in [1.82, 2.24) is 4.68 Å². The van der Waals surface area contributed by atoms with Gasteiger partial charge in [0.2, 0.25) is 0 Å². The Hall–Kier alpha value is -0.633. The molecule has 0 spiro atoms. The van der Waals surface area contributed by atoms with Gasteiger partial charge in [0.25, 0.3) is 0 Å². The quantitative estimate of drug-likeness (QED) is 0.101. The molecule has 0 unspecified atom stereocenters. The van der Waals surface area contributed by atoms with Gasteiger partial charge in [-0.25, -0.2) is 0 Å². The topological polar surface area (TPSA) is 55.7 Å². The molecular formula is C8H12LiN4S-. The Morgan fingerprint density at radius 2 is 2.14 bits per heavy atom. The van der Waals surface area contributed by atoms with E-state index in [0.29, 0.717) is 5.49 Å². The maximum absolute atomic E-state index is 5.20. The Labute approximate surface area is 103 Å². The molecule has 0 atom stereocenters. The van der Waals surface area contributed by atoms with Crippen LogP contribution in [-0.4, -0.2) is 10.9 Å². The summed E-state index contributed by atoms with van der Waals surface area (Å²) in [6.07, 6.45) is 4.43. The minimum Gasteiger partial charge on any atom is -0.813 e. The summed E-state index contributed by atoms with van der Waals surface area (Å²) in [4.78, 5) is 0. The number of aromatic nitrogens is 1. The van der Waals surface area contributed by atoms with E-state index in [9.17, 15) is 0 Å². The van der Waals surface area contributed by atoms with Crippen molar-refractivity contribution in [1.29, 1.82) is 0 Å². The van der Waals surface area contributed by atoms with Crippen molar-refractivity contribution in [3.8, 4) is 0 Å². The van der Waals surface area contributed by atoms with Gasteiger partial charge in [0.05, 0.1) is 0 Å². The second-order valence-electron chi connectivity index (χ2n) is 2.31. The van der Waals surface area contributed by atoms with E-state index < -0.39 is 0 Å². The second kappa shape index (κ2) is 7.74. The monoisotopic (exact) mass is 203 g/mol. The van der Waals surface area contributed by atoms with Gasteiger partial charge in [-0.3, -0.25) is 4.68 Å². The standard InChI is InChI=1S/C8H11N4.Li.H2S/c1-3-10-12-6-4-5-7(2)8(12)11-9;;/h4-6H,9H2,1-2H3;;1H2/q-1;+1;/p-1/b11-8-;;. The van der Waals surface area contributed by atoms with Crippen LogP contribution in [0.15, 0.2) is 28.5 Å². The first-order valence-corrected chi connectivity index (χ1v) is 3.59. The van der Waals surface area contributed by atoms with Crippen molar-refractivity contribution in [3.63, 3.8) is 0 Å². The Morgan fingerprint density at radius 3 is 2.64 bits per heavy atom. The summed E-state index contributed by atoms with van der Waals surface area (Å²) in [5.74, 6) is 5.20. The SMILES string of the molecule is C[C-]=Nn1cccc(C)/c1=N/N.[Li+].[SH-]. The molecule has 0 saturated heterocycles. The Balaban J connectivity index is 0. The molecule has 0 saturated carbocycles. The molecule has 2 N–H and O–H groups in total. The van der Waals surface area contributed by atoms with Crippen molar-refractivity contribution >= 4 is 19.7 Å². The number of hydrogen-bond donors (Lipinski definition) is 1. The van der Waals surface area contributed by atoms with Crippen molar-refractivity contribution < 1.29 is 18.9 Å². The number of thiol groups is 1. The van der Waals surface area contributed by atoms with Crippen molar-refractivity contribution in [2.75, 3.05) is 0 Å². The van der Waals surface area contributed by atoms with Crippen LogP contribution in [0.3, 0.4) is 0 Å². The molecule has 14 heavy (non-hydrogen) atoms. The van der Waals surface area contributed by atoms with Gasteiger partial charge in [-0.15, -0.1) is 0 Å².